The number of nitrogens with zero attached hydrogens (tertiary/aromatic N) is 1. The van der Waals surface area contributed by atoms with Crippen LogP contribution in [0.1, 0.15) is 35.2 Å². The summed E-state index contributed by atoms with van der Waals surface area (Å²) < 4.78 is 5.60. The zero-order chi connectivity index (χ0) is 19.5. The van der Waals surface area contributed by atoms with Crippen molar-refractivity contribution in [3.63, 3.8) is 0 Å². The number of ether oxygens (including phenoxy) is 1. The van der Waals surface area contributed by atoms with E-state index in [-0.39, 0.29) is 36.4 Å². The van der Waals surface area contributed by atoms with Crippen molar-refractivity contribution >= 4 is 41.8 Å². The van der Waals surface area contributed by atoms with Gasteiger partial charge in [-0.25, -0.2) is 0 Å². The minimum Gasteiger partial charge on any atom is -0.381 e. The minimum atomic E-state index is -0.572. The number of benzene rings is 1. The third-order valence-electron chi connectivity index (χ3n) is 4.13. The van der Waals surface area contributed by atoms with Crippen LogP contribution in [0, 0.1) is 5.92 Å². The molecule has 1 aromatic rings. The fraction of sp³-hybridized carbons (Fsp3) is 0.526. The monoisotopic (exact) mass is 503 g/mol. The summed E-state index contributed by atoms with van der Waals surface area (Å²) in [6, 6.07) is 7.12. The summed E-state index contributed by atoms with van der Waals surface area (Å²) in [7, 11) is 1.73. The highest BCUT2D eigenvalue weighted by molar-refractivity contribution is 14.0. The Balaban J connectivity index is 0.00000392. The summed E-state index contributed by atoms with van der Waals surface area (Å²) in [5.74, 6) is 0.626. The van der Waals surface area contributed by atoms with Gasteiger partial charge in [0.05, 0.1) is 6.54 Å². The highest BCUT2D eigenvalue weighted by Crippen LogP contribution is 2.28. The molecule has 0 aliphatic heterocycles. The smallest absolute Gasteiger partial charge is 0.251 e. The largest absolute Gasteiger partial charge is 0.381 e. The lowest BCUT2D eigenvalue weighted by atomic mass is 10.1. The summed E-state index contributed by atoms with van der Waals surface area (Å²) in [6.45, 7) is 2.86. The number of nitrogens with two attached hydrogens (primary N) is 1. The number of hydrogen-bond acceptors (Lipinski definition) is 4. The topological polar surface area (TPSA) is 118 Å². The Morgan fingerprint density at radius 2 is 1.89 bits per heavy atom. The van der Waals surface area contributed by atoms with E-state index in [2.05, 4.69) is 20.9 Å². The Kier molecular flexibility index (Phi) is 11.5. The number of aliphatic imine (C=N–C) groups is 1. The van der Waals surface area contributed by atoms with Crippen molar-refractivity contribution in [1.82, 2.24) is 16.0 Å². The zero-order valence-electron chi connectivity index (χ0n) is 16.2. The fourth-order valence-corrected chi connectivity index (χ4v) is 2.37. The normalized spacial score (nSPS) is 13.4. The molecule has 9 heteroatoms. The van der Waals surface area contributed by atoms with Crippen LogP contribution in [0.25, 0.3) is 0 Å². The molecule has 1 saturated carbocycles. The Morgan fingerprint density at radius 3 is 2.50 bits per heavy atom. The van der Waals surface area contributed by atoms with Crippen LogP contribution in [-0.2, 0) is 16.1 Å². The molecule has 8 nitrogen and oxygen atoms in total. The maximum atomic E-state index is 11.8. The third kappa shape index (κ3) is 9.88. The van der Waals surface area contributed by atoms with Crippen molar-refractivity contribution in [2.24, 2.45) is 16.6 Å². The number of carbonyl (C=O) groups excluding carboxylic acids is 2. The van der Waals surface area contributed by atoms with E-state index in [4.69, 9.17) is 10.5 Å². The molecule has 0 aromatic heterocycles. The summed E-state index contributed by atoms with van der Waals surface area (Å²) in [5, 5.41) is 8.94. The lowest BCUT2D eigenvalue weighted by Crippen LogP contribution is -2.37. The standard InChI is InChI=1S/C19H29N5O3.HI/c1-21-19(22-9-2-10-27-13-15-3-4-15)24-11-14-5-7-16(8-6-14)18(26)23-12-17(20)25;/h5-8,15H,2-4,9-13H2,1H3,(H2,20,25)(H,23,26)(H2,21,22,24);1H. The first-order valence-corrected chi connectivity index (χ1v) is 9.26. The van der Waals surface area contributed by atoms with Crippen molar-refractivity contribution in [1.29, 1.82) is 0 Å². The highest BCUT2D eigenvalue weighted by Gasteiger charge is 2.20. The molecule has 5 N–H and O–H groups in total. The number of amides is 2. The van der Waals surface area contributed by atoms with Gasteiger partial charge in [0.2, 0.25) is 5.91 Å². The van der Waals surface area contributed by atoms with Gasteiger partial charge in [-0.3, -0.25) is 14.6 Å². The van der Waals surface area contributed by atoms with Crippen molar-refractivity contribution in [3.05, 3.63) is 35.4 Å². The SMILES string of the molecule is CN=C(NCCCOCC1CC1)NCc1ccc(C(=O)NCC(N)=O)cc1.I. The molecule has 1 fully saturated rings. The molecule has 1 aromatic carbocycles. The lowest BCUT2D eigenvalue weighted by molar-refractivity contribution is -0.117. The van der Waals surface area contributed by atoms with Gasteiger partial charge < -0.3 is 26.4 Å². The van der Waals surface area contributed by atoms with Gasteiger partial charge in [-0.05, 0) is 42.9 Å². The summed E-state index contributed by atoms with van der Waals surface area (Å²) >= 11 is 0. The second-order valence-corrected chi connectivity index (χ2v) is 6.57. The first kappa shape index (κ1) is 24.2. The molecule has 156 valence electrons. The van der Waals surface area contributed by atoms with Crippen molar-refractivity contribution in [2.45, 2.75) is 25.8 Å². The zero-order valence-corrected chi connectivity index (χ0v) is 18.5. The fourth-order valence-electron chi connectivity index (χ4n) is 2.37. The minimum absolute atomic E-state index is 0. The van der Waals surface area contributed by atoms with E-state index in [1.807, 2.05) is 12.1 Å². The quantitative estimate of drug-likeness (QED) is 0.156. The summed E-state index contributed by atoms with van der Waals surface area (Å²) in [5.41, 5.74) is 6.50. The van der Waals surface area contributed by atoms with Crippen LogP contribution in [0.4, 0.5) is 0 Å². The molecular weight excluding hydrogens is 473 g/mol. The van der Waals surface area contributed by atoms with E-state index >= 15 is 0 Å². The first-order chi connectivity index (χ1) is 13.1. The molecule has 0 atom stereocenters. The van der Waals surface area contributed by atoms with Crippen LogP contribution in [0.15, 0.2) is 29.3 Å². The summed E-state index contributed by atoms with van der Waals surface area (Å²) in [4.78, 5) is 26.7. The van der Waals surface area contributed by atoms with Gasteiger partial charge >= 0.3 is 0 Å². The number of halogens is 1. The van der Waals surface area contributed by atoms with Gasteiger partial charge in [-0.2, -0.15) is 0 Å². The van der Waals surface area contributed by atoms with Crippen molar-refractivity contribution < 1.29 is 14.3 Å². The van der Waals surface area contributed by atoms with Gasteiger partial charge in [0.25, 0.3) is 5.91 Å². The predicted octanol–water partition coefficient (Wildman–Crippen LogP) is 1.00. The van der Waals surface area contributed by atoms with E-state index in [1.54, 1.807) is 19.2 Å². The Bertz CT molecular complexity index is 647. The van der Waals surface area contributed by atoms with E-state index < -0.39 is 5.91 Å². The molecule has 0 bridgehead atoms. The Labute approximate surface area is 183 Å². The van der Waals surface area contributed by atoms with Crippen LogP contribution >= 0.6 is 24.0 Å². The van der Waals surface area contributed by atoms with Crippen LogP contribution in [0.3, 0.4) is 0 Å². The van der Waals surface area contributed by atoms with Gasteiger partial charge in [0.1, 0.15) is 0 Å². The number of nitrogens with one attached hydrogen (secondary N) is 3. The maximum absolute atomic E-state index is 11.8. The number of primary amides is 1. The van der Waals surface area contributed by atoms with Crippen LogP contribution in [-0.4, -0.2) is 51.1 Å². The van der Waals surface area contributed by atoms with Crippen molar-refractivity contribution in [3.8, 4) is 0 Å². The molecule has 1 aliphatic rings. The average Bonchev–Trinajstić information content (AvgIpc) is 3.49. The second-order valence-electron chi connectivity index (χ2n) is 6.57. The van der Waals surface area contributed by atoms with Gasteiger partial charge in [0, 0.05) is 38.9 Å². The first-order valence-electron chi connectivity index (χ1n) is 9.26. The molecule has 28 heavy (non-hydrogen) atoms. The second kappa shape index (κ2) is 13.3. The number of guanidine groups is 1. The van der Waals surface area contributed by atoms with Gasteiger partial charge in [-0.15, -0.1) is 24.0 Å². The predicted molar refractivity (Wildman–Crippen MR) is 120 cm³/mol. The van der Waals surface area contributed by atoms with Crippen LogP contribution in [0.2, 0.25) is 0 Å². The molecular formula is C19H30IN5O3. The number of carbonyl (C=O) groups is 2. The molecule has 0 radical (unpaired) electrons. The average molecular weight is 503 g/mol. The molecule has 0 unspecified atom stereocenters. The maximum Gasteiger partial charge on any atom is 0.251 e. The van der Waals surface area contributed by atoms with Crippen LogP contribution in [0.5, 0.6) is 0 Å². The van der Waals surface area contributed by atoms with Crippen LogP contribution < -0.4 is 21.7 Å². The molecule has 2 rings (SSSR count). The Hall–Kier alpha value is -1.88. The van der Waals surface area contributed by atoms with E-state index in [1.165, 1.54) is 12.8 Å². The molecule has 0 spiro atoms. The number of hydrogen-bond donors (Lipinski definition) is 4. The Morgan fingerprint density at radius 1 is 1.18 bits per heavy atom. The molecule has 1 aliphatic carbocycles. The molecule has 0 heterocycles. The van der Waals surface area contributed by atoms with E-state index in [0.717, 1.165) is 43.6 Å². The van der Waals surface area contributed by atoms with Gasteiger partial charge in [0.15, 0.2) is 5.96 Å². The van der Waals surface area contributed by atoms with Crippen molar-refractivity contribution in [2.75, 3.05) is 33.4 Å². The van der Waals surface area contributed by atoms with Gasteiger partial charge in [-0.1, -0.05) is 12.1 Å². The molecule has 0 saturated heterocycles. The van der Waals surface area contributed by atoms with E-state index in [0.29, 0.717) is 12.1 Å². The third-order valence-corrected chi connectivity index (χ3v) is 4.13. The lowest BCUT2D eigenvalue weighted by Gasteiger charge is -2.12. The summed E-state index contributed by atoms with van der Waals surface area (Å²) in [6.07, 6.45) is 3.56. The van der Waals surface area contributed by atoms with E-state index in [9.17, 15) is 9.59 Å². The number of rotatable bonds is 11. The highest BCUT2D eigenvalue weighted by atomic mass is 127. The molecule has 2 amide bonds.